The van der Waals surface area contributed by atoms with Gasteiger partial charge in [-0.05, 0) is 41.0 Å². The smallest absolute Gasteiger partial charge is 0.320 e. The molecule has 6 nitrogen and oxygen atoms in total. The molecule has 0 aliphatic rings. The molecule has 108 valence electrons. The van der Waals surface area contributed by atoms with Crippen molar-refractivity contribution in [3.05, 3.63) is 28.6 Å². The van der Waals surface area contributed by atoms with E-state index in [1.165, 1.54) is 0 Å². The van der Waals surface area contributed by atoms with E-state index in [4.69, 9.17) is 9.15 Å². The molecule has 1 aromatic carbocycles. The van der Waals surface area contributed by atoms with Crippen LogP contribution >= 0.6 is 15.9 Å². The number of hydrogen-bond donors (Lipinski definition) is 2. The molecule has 0 saturated heterocycles. The summed E-state index contributed by atoms with van der Waals surface area (Å²) in [6.07, 6.45) is 1.07. The van der Waals surface area contributed by atoms with Crippen LogP contribution in [0, 0.1) is 0 Å². The van der Waals surface area contributed by atoms with Crippen LogP contribution in [0.15, 0.2) is 27.1 Å². The van der Waals surface area contributed by atoms with Gasteiger partial charge in [0.2, 0.25) is 5.89 Å². The number of nitrogens with one attached hydrogen (secondary N) is 2. The van der Waals surface area contributed by atoms with Crippen molar-refractivity contribution in [2.75, 3.05) is 19.0 Å². The van der Waals surface area contributed by atoms with Crippen LogP contribution in [0.3, 0.4) is 0 Å². The van der Waals surface area contributed by atoms with E-state index >= 15 is 0 Å². The van der Waals surface area contributed by atoms with Gasteiger partial charge in [0.1, 0.15) is 5.75 Å². The van der Waals surface area contributed by atoms with E-state index in [1.54, 1.807) is 7.11 Å². The van der Waals surface area contributed by atoms with Crippen LogP contribution in [0.2, 0.25) is 0 Å². The summed E-state index contributed by atoms with van der Waals surface area (Å²) in [5, 5.41) is 14.2. The van der Waals surface area contributed by atoms with Crippen molar-refractivity contribution in [1.29, 1.82) is 0 Å². The highest BCUT2D eigenvalue weighted by atomic mass is 79.9. The van der Waals surface area contributed by atoms with E-state index in [0.29, 0.717) is 18.5 Å². The molecule has 2 N–H and O–H groups in total. The van der Waals surface area contributed by atoms with Crippen LogP contribution in [0.1, 0.15) is 19.2 Å². The maximum atomic E-state index is 5.49. The lowest BCUT2D eigenvalue weighted by molar-refractivity contribution is 0.412. The zero-order valence-electron chi connectivity index (χ0n) is 11.4. The molecule has 7 heteroatoms. The molecule has 2 rings (SSSR count). The lowest BCUT2D eigenvalue weighted by Gasteiger charge is -2.06. The van der Waals surface area contributed by atoms with Gasteiger partial charge in [-0.25, -0.2) is 0 Å². The lowest BCUT2D eigenvalue weighted by Crippen LogP contribution is -2.13. The van der Waals surface area contributed by atoms with Crippen molar-refractivity contribution in [1.82, 2.24) is 15.5 Å². The number of methoxy groups -OCH3 is 1. The summed E-state index contributed by atoms with van der Waals surface area (Å²) in [5.74, 6) is 1.30. The maximum absolute atomic E-state index is 5.49. The standard InChI is InChI=1S/C13H17BrN4O2/c1-3-6-15-8-12-17-18-13(20-12)16-9-4-5-10(14)11(7-9)19-2/h4-5,7,15H,3,6,8H2,1-2H3,(H,16,18). The Hall–Kier alpha value is -1.60. The van der Waals surface area contributed by atoms with Crippen LogP contribution in [-0.2, 0) is 6.54 Å². The molecule has 0 unspecified atom stereocenters. The zero-order chi connectivity index (χ0) is 14.4. The van der Waals surface area contributed by atoms with Crippen LogP contribution in [-0.4, -0.2) is 23.9 Å². The van der Waals surface area contributed by atoms with Gasteiger partial charge in [0.15, 0.2) is 0 Å². The molecule has 0 amide bonds. The van der Waals surface area contributed by atoms with Gasteiger partial charge >= 0.3 is 6.01 Å². The molecule has 1 aromatic heterocycles. The first-order valence-corrected chi connectivity index (χ1v) is 7.16. The Bertz CT molecular complexity index is 559. The second-order valence-corrected chi connectivity index (χ2v) is 5.01. The molecule has 1 heterocycles. The highest BCUT2D eigenvalue weighted by molar-refractivity contribution is 9.10. The first-order chi connectivity index (χ1) is 9.72. The molecule has 0 radical (unpaired) electrons. The summed E-state index contributed by atoms with van der Waals surface area (Å²) in [6, 6.07) is 6.00. The number of hydrogen-bond acceptors (Lipinski definition) is 6. The van der Waals surface area contributed by atoms with Crippen molar-refractivity contribution in [3.63, 3.8) is 0 Å². The predicted octanol–water partition coefficient (Wildman–Crippen LogP) is 3.08. The third-order valence-corrected chi connectivity index (χ3v) is 3.23. The molecule has 0 saturated carbocycles. The summed E-state index contributed by atoms with van der Waals surface area (Å²) >= 11 is 3.40. The van der Waals surface area contributed by atoms with Crippen LogP contribution in [0.5, 0.6) is 5.75 Å². The average Bonchev–Trinajstić information content (AvgIpc) is 2.89. The summed E-state index contributed by atoms with van der Waals surface area (Å²) in [6.45, 7) is 3.61. The number of ether oxygens (including phenoxy) is 1. The molecule has 2 aromatic rings. The summed E-state index contributed by atoms with van der Waals surface area (Å²) < 4.78 is 11.6. The number of anilines is 2. The van der Waals surface area contributed by atoms with E-state index < -0.39 is 0 Å². The number of aromatic nitrogens is 2. The molecule has 0 spiro atoms. The molecule has 0 aliphatic carbocycles. The topological polar surface area (TPSA) is 72.2 Å². The quantitative estimate of drug-likeness (QED) is 0.754. The van der Waals surface area contributed by atoms with E-state index in [-0.39, 0.29) is 0 Å². The Balaban J connectivity index is 1.99. The van der Waals surface area contributed by atoms with Crippen LogP contribution < -0.4 is 15.4 Å². The van der Waals surface area contributed by atoms with Crippen molar-refractivity contribution in [2.45, 2.75) is 19.9 Å². The second kappa shape index (κ2) is 7.25. The van der Waals surface area contributed by atoms with Gasteiger partial charge in [0, 0.05) is 11.8 Å². The molecular weight excluding hydrogens is 324 g/mol. The number of benzene rings is 1. The molecule has 0 atom stereocenters. The summed E-state index contributed by atoms with van der Waals surface area (Å²) in [4.78, 5) is 0. The lowest BCUT2D eigenvalue weighted by atomic mass is 10.3. The highest BCUT2D eigenvalue weighted by Crippen LogP contribution is 2.29. The molecule has 0 aliphatic heterocycles. The fourth-order valence-corrected chi connectivity index (χ4v) is 2.02. The van der Waals surface area contributed by atoms with E-state index in [2.05, 4.69) is 43.7 Å². The van der Waals surface area contributed by atoms with Crippen LogP contribution in [0.25, 0.3) is 0 Å². The number of nitrogens with zero attached hydrogens (tertiary/aromatic N) is 2. The maximum Gasteiger partial charge on any atom is 0.320 e. The van der Waals surface area contributed by atoms with E-state index in [0.717, 1.165) is 28.9 Å². The fraction of sp³-hybridized carbons (Fsp3) is 0.385. The normalized spacial score (nSPS) is 10.6. The number of rotatable bonds is 7. The first-order valence-electron chi connectivity index (χ1n) is 6.36. The summed E-state index contributed by atoms with van der Waals surface area (Å²) in [5.41, 5.74) is 0.821. The second-order valence-electron chi connectivity index (χ2n) is 4.15. The predicted molar refractivity (Wildman–Crippen MR) is 80.3 cm³/mol. The Morgan fingerprint density at radius 2 is 2.20 bits per heavy atom. The van der Waals surface area contributed by atoms with Gasteiger partial charge in [0.05, 0.1) is 18.1 Å². The van der Waals surface area contributed by atoms with Crippen molar-refractivity contribution < 1.29 is 9.15 Å². The van der Waals surface area contributed by atoms with Gasteiger partial charge in [-0.15, -0.1) is 5.10 Å². The first kappa shape index (κ1) is 14.8. The number of halogens is 1. The van der Waals surface area contributed by atoms with Crippen molar-refractivity contribution in [2.24, 2.45) is 0 Å². The Kier molecular flexibility index (Phi) is 5.37. The van der Waals surface area contributed by atoms with E-state index in [9.17, 15) is 0 Å². The minimum Gasteiger partial charge on any atom is -0.495 e. The van der Waals surface area contributed by atoms with Gasteiger partial charge < -0.3 is 19.8 Å². The van der Waals surface area contributed by atoms with E-state index in [1.807, 2.05) is 18.2 Å². The largest absolute Gasteiger partial charge is 0.495 e. The molecule has 0 fully saturated rings. The average molecular weight is 341 g/mol. The third kappa shape index (κ3) is 3.94. The SMILES string of the molecule is CCCNCc1nnc(Nc2ccc(Br)c(OC)c2)o1. The highest BCUT2D eigenvalue weighted by Gasteiger charge is 2.07. The van der Waals surface area contributed by atoms with Gasteiger partial charge in [-0.2, -0.15) is 0 Å². The van der Waals surface area contributed by atoms with Gasteiger partial charge in [-0.3, -0.25) is 0 Å². The minimum atomic E-state index is 0.364. The van der Waals surface area contributed by atoms with Crippen molar-refractivity contribution in [3.8, 4) is 5.75 Å². The third-order valence-electron chi connectivity index (χ3n) is 2.57. The summed E-state index contributed by atoms with van der Waals surface area (Å²) in [7, 11) is 1.62. The van der Waals surface area contributed by atoms with Gasteiger partial charge in [-0.1, -0.05) is 12.0 Å². The Morgan fingerprint density at radius 3 is 2.95 bits per heavy atom. The van der Waals surface area contributed by atoms with Gasteiger partial charge in [0.25, 0.3) is 0 Å². The Morgan fingerprint density at radius 1 is 1.35 bits per heavy atom. The monoisotopic (exact) mass is 340 g/mol. The Labute approximate surface area is 126 Å². The molecule has 20 heavy (non-hydrogen) atoms. The fourth-order valence-electron chi connectivity index (χ4n) is 1.61. The molecular formula is C13H17BrN4O2. The zero-order valence-corrected chi connectivity index (χ0v) is 13.0. The van der Waals surface area contributed by atoms with Crippen molar-refractivity contribution >= 4 is 27.6 Å². The minimum absolute atomic E-state index is 0.364. The molecule has 0 bridgehead atoms. The van der Waals surface area contributed by atoms with Crippen LogP contribution in [0.4, 0.5) is 11.7 Å².